The van der Waals surface area contributed by atoms with Gasteiger partial charge in [0.1, 0.15) is 36.6 Å². The smallest absolute Gasteiger partial charge is 0.169 e. The molecule has 6 heteroatoms. The summed E-state index contributed by atoms with van der Waals surface area (Å²) in [6.45, 7) is 0.473. The Kier molecular flexibility index (Phi) is 5.37. The van der Waals surface area contributed by atoms with Crippen LogP contribution in [0.4, 0.5) is 0 Å². The molecule has 1 aromatic rings. The van der Waals surface area contributed by atoms with E-state index in [1.165, 1.54) is 12.8 Å². The van der Waals surface area contributed by atoms with Crippen LogP contribution in [0.2, 0.25) is 0 Å². The van der Waals surface area contributed by atoms with Crippen molar-refractivity contribution in [2.45, 2.75) is 119 Å². The minimum absolute atomic E-state index is 0.332. The molecule has 1 N–H and O–H groups in total. The molecule has 5 fully saturated rings. The maximum absolute atomic E-state index is 11.3. The Labute approximate surface area is 184 Å². The average molecular weight is 431 g/mol. The summed E-state index contributed by atoms with van der Waals surface area (Å²) in [6, 6.07) is 10.2. The Hall–Kier alpha value is -1.02. The van der Waals surface area contributed by atoms with Crippen LogP contribution in [-0.2, 0) is 30.3 Å². The number of aliphatic hydroxyl groups is 1. The fraction of sp³-hybridized carbons (Fsp3) is 0.760. The van der Waals surface area contributed by atoms with Crippen LogP contribution >= 0.6 is 0 Å². The molecule has 6 rings (SSSR count). The van der Waals surface area contributed by atoms with Gasteiger partial charge in [0.05, 0.1) is 6.61 Å². The lowest BCUT2D eigenvalue weighted by molar-refractivity contribution is -0.227. The van der Waals surface area contributed by atoms with E-state index in [1.807, 2.05) is 18.2 Å². The van der Waals surface area contributed by atoms with E-state index in [2.05, 4.69) is 12.1 Å². The quantitative estimate of drug-likeness (QED) is 0.786. The van der Waals surface area contributed by atoms with E-state index in [4.69, 9.17) is 23.7 Å². The van der Waals surface area contributed by atoms with Gasteiger partial charge in [-0.25, -0.2) is 0 Å². The first-order chi connectivity index (χ1) is 15.2. The van der Waals surface area contributed by atoms with Crippen LogP contribution in [0, 0.1) is 0 Å². The molecule has 6 nitrogen and oxygen atoms in total. The first-order valence-corrected chi connectivity index (χ1v) is 12.2. The lowest BCUT2D eigenvalue weighted by Crippen LogP contribution is -2.62. The first kappa shape index (κ1) is 20.6. The van der Waals surface area contributed by atoms with Crippen molar-refractivity contribution in [2.75, 3.05) is 0 Å². The predicted octanol–water partition coefficient (Wildman–Crippen LogP) is 3.84. The molecule has 3 aliphatic carbocycles. The second kappa shape index (κ2) is 8.08. The molecule has 3 saturated carbocycles. The highest BCUT2D eigenvalue weighted by atomic mass is 16.8. The number of hydrogen-bond acceptors (Lipinski definition) is 6. The maximum Gasteiger partial charge on any atom is 0.169 e. The molecular weight excluding hydrogens is 396 g/mol. The first-order valence-electron chi connectivity index (χ1n) is 12.2. The highest BCUT2D eigenvalue weighted by Crippen LogP contribution is 2.51. The lowest BCUT2D eigenvalue weighted by atomic mass is 9.85. The summed E-state index contributed by atoms with van der Waals surface area (Å²) in [4.78, 5) is 0. The van der Waals surface area contributed by atoms with E-state index < -0.39 is 29.9 Å². The number of aliphatic hydroxyl groups excluding tert-OH is 1. The largest absolute Gasteiger partial charge is 0.387 e. The number of ether oxygens (including phenoxy) is 5. The number of benzene rings is 1. The standard InChI is InChI=1S/C25H34O6/c26-18-19-22(30-24(28-19)12-6-2-7-13-24)21(27-16-17-10-4-1-5-11-17)23-20(18)29-25(31-23)14-8-3-9-15-25/h1,4-5,10-11,18-23,26H,2-3,6-9,12-16H2/t18?,19-,20-,21?,22-,23+/m1/s1. The Morgan fingerprint density at radius 2 is 1.19 bits per heavy atom. The fourth-order valence-corrected chi connectivity index (χ4v) is 6.33. The minimum atomic E-state index is -0.769. The van der Waals surface area contributed by atoms with E-state index in [1.54, 1.807) is 0 Å². The molecule has 6 atom stereocenters. The molecule has 0 radical (unpaired) electrons. The molecule has 2 heterocycles. The van der Waals surface area contributed by atoms with Crippen LogP contribution in [0.1, 0.15) is 69.8 Å². The molecular formula is C25H34O6. The molecule has 5 aliphatic rings. The SMILES string of the molecule is OC1[C@H]2OC3(CCCCC3)O[C@@H]2C(OCc2ccccc2)[C@@H]2OC3(CCCCC3)O[C@H]12. The van der Waals surface area contributed by atoms with Crippen molar-refractivity contribution < 1.29 is 28.8 Å². The normalized spacial score (nSPS) is 40.7. The average Bonchev–Trinajstić information content (AvgIpc) is 3.35. The van der Waals surface area contributed by atoms with Crippen LogP contribution in [0.5, 0.6) is 0 Å². The van der Waals surface area contributed by atoms with Gasteiger partial charge in [-0.05, 0) is 31.2 Å². The van der Waals surface area contributed by atoms with Crippen LogP contribution in [0.15, 0.2) is 30.3 Å². The number of fused-ring (bicyclic) bond motifs is 2. The third kappa shape index (κ3) is 3.65. The van der Waals surface area contributed by atoms with Gasteiger partial charge < -0.3 is 28.8 Å². The highest BCUT2D eigenvalue weighted by Gasteiger charge is 2.66. The molecule has 170 valence electrons. The van der Waals surface area contributed by atoms with Gasteiger partial charge >= 0.3 is 0 Å². The van der Waals surface area contributed by atoms with Crippen molar-refractivity contribution >= 4 is 0 Å². The van der Waals surface area contributed by atoms with Crippen LogP contribution < -0.4 is 0 Å². The van der Waals surface area contributed by atoms with Crippen LogP contribution in [0.25, 0.3) is 0 Å². The van der Waals surface area contributed by atoms with E-state index in [9.17, 15) is 5.11 Å². The third-order valence-corrected chi connectivity index (χ3v) is 7.89. The molecule has 2 spiro atoms. The van der Waals surface area contributed by atoms with Crippen molar-refractivity contribution in [3.8, 4) is 0 Å². The molecule has 2 unspecified atom stereocenters. The zero-order valence-electron chi connectivity index (χ0n) is 18.1. The predicted molar refractivity (Wildman–Crippen MR) is 112 cm³/mol. The van der Waals surface area contributed by atoms with E-state index in [-0.39, 0.29) is 18.3 Å². The minimum Gasteiger partial charge on any atom is -0.387 e. The lowest BCUT2D eigenvalue weighted by Gasteiger charge is -2.40. The van der Waals surface area contributed by atoms with Crippen molar-refractivity contribution in [2.24, 2.45) is 0 Å². The van der Waals surface area contributed by atoms with Crippen LogP contribution in [0.3, 0.4) is 0 Å². The number of rotatable bonds is 3. The van der Waals surface area contributed by atoms with Gasteiger partial charge in [-0.3, -0.25) is 0 Å². The van der Waals surface area contributed by atoms with Gasteiger partial charge in [0.15, 0.2) is 11.6 Å². The topological polar surface area (TPSA) is 66.4 Å². The van der Waals surface area contributed by atoms with Gasteiger partial charge in [0, 0.05) is 25.7 Å². The maximum atomic E-state index is 11.3. The summed E-state index contributed by atoms with van der Waals surface area (Å²) in [5, 5.41) is 11.3. The number of hydrogen-bond donors (Lipinski definition) is 1. The molecule has 0 aromatic heterocycles. The summed E-state index contributed by atoms with van der Waals surface area (Å²) in [7, 11) is 0. The van der Waals surface area contributed by atoms with Crippen molar-refractivity contribution in [1.29, 1.82) is 0 Å². The van der Waals surface area contributed by atoms with Crippen molar-refractivity contribution in [3.63, 3.8) is 0 Å². The summed E-state index contributed by atoms with van der Waals surface area (Å²) in [5.74, 6) is -1.19. The Balaban J connectivity index is 1.28. The third-order valence-electron chi connectivity index (χ3n) is 7.89. The molecule has 2 saturated heterocycles. The molecule has 1 aromatic carbocycles. The molecule has 0 bridgehead atoms. The van der Waals surface area contributed by atoms with Gasteiger partial charge in [0.25, 0.3) is 0 Å². The zero-order valence-corrected chi connectivity index (χ0v) is 18.1. The van der Waals surface area contributed by atoms with Gasteiger partial charge in [-0.1, -0.05) is 43.2 Å². The van der Waals surface area contributed by atoms with E-state index in [0.717, 1.165) is 56.9 Å². The summed E-state index contributed by atoms with van der Waals surface area (Å²) in [5.41, 5.74) is 1.11. The summed E-state index contributed by atoms with van der Waals surface area (Å²) < 4.78 is 32.7. The summed E-state index contributed by atoms with van der Waals surface area (Å²) >= 11 is 0. The van der Waals surface area contributed by atoms with Gasteiger partial charge in [0.2, 0.25) is 0 Å². The van der Waals surface area contributed by atoms with Crippen molar-refractivity contribution in [1.82, 2.24) is 0 Å². The van der Waals surface area contributed by atoms with Gasteiger partial charge in [-0.15, -0.1) is 0 Å². The molecule has 0 amide bonds. The fourth-order valence-electron chi connectivity index (χ4n) is 6.33. The van der Waals surface area contributed by atoms with E-state index in [0.29, 0.717) is 6.61 Å². The van der Waals surface area contributed by atoms with Crippen molar-refractivity contribution in [3.05, 3.63) is 35.9 Å². The van der Waals surface area contributed by atoms with Gasteiger partial charge in [-0.2, -0.15) is 0 Å². The second-order valence-electron chi connectivity index (χ2n) is 10.0. The Bertz CT molecular complexity index is 715. The summed E-state index contributed by atoms with van der Waals surface area (Å²) in [6.07, 6.45) is 7.60. The Morgan fingerprint density at radius 1 is 0.710 bits per heavy atom. The van der Waals surface area contributed by atoms with Crippen LogP contribution in [-0.4, -0.2) is 53.3 Å². The molecule has 31 heavy (non-hydrogen) atoms. The van der Waals surface area contributed by atoms with E-state index >= 15 is 0 Å². The zero-order chi connectivity index (χ0) is 20.9. The monoisotopic (exact) mass is 430 g/mol. The molecule has 2 aliphatic heterocycles. The second-order valence-corrected chi connectivity index (χ2v) is 10.0. The highest BCUT2D eigenvalue weighted by molar-refractivity contribution is 5.15. The Morgan fingerprint density at radius 3 is 1.71 bits per heavy atom.